The number of carbonyl (C=O) groups is 1. The Balaban J connectivity index is 1.78. The van der Waals surface area contributed by atoms with Gasteiger partial charge in [-0.1, -0.05) is 41.9 Å². The summed E-state index contributed by atoms with van der Waals surface area (Å²) in [6.45, 7) is 0. The number of hydrogen-bond donors (Lipinski definition) is 1. The third kappa shape index (κ3) is 4.48. The minimum absolute atomic E-state index is 0.0736. The molecule has 33 heavy (non-hydrogen) atoms. The predicted molar refractivity (Wildman–Crippen MR) is 122 cm³/mol. The fourth-order valence-corrected chi connectivity index (χ4v) is 4.70. The van der Waals surface area contributed by atoms with Crippen molar-refractivity contribution in [1.29, 1.82) is 5.26 Å². The van der Waals surface area contributed by atoms with E-state index in [-0.39, 0.29) is 22.1 Å². The van der Waals surface area contributed by atoms with Crippen LogP contribution in [0, 0.1) is 11.3 Å². The zero-order valence-electron chi connectivity index (χ0n) is 16.9. The minimum Gasteiger partial charge on any atom is -0.273 e. The van der Waals surface area contributed by atoms with Crippen molar-refractivity contribution in [2.45, 2.75) is 16.3 Å². The van der Waals surface area contributed by atoms with Gasteiger partial charge in [-0.3, -0.25) is 9.59 Å². The SMILES string of the molecule is N#Cc1ccc(S(=O)(=O)c2nn(NC(=O)Cc3ccc(Cl)cc3)c(=O)c3ccccc23)cc1. The third-order valence-corrected chi connectivity index (χ3v) is 6.78. The molecule has 1 N–H and O–H groups in total. The Morgan fingerprint density at radius 1 is 1.00 bits per heavy atom. The van der Waals surface area contributed by atoms with Crippen molar-refractivity contribution >= 4 is 38.1 Å². The van der Waals surface area contributed by atoms with Gasteiger partial charge >= 0.3 is 0 Å². The maximum absolute atomic E-state index is 13.3. The average molecular weight is 479 g/mol. The van der Waals surface area contributed by atoms with Gasteiger partial charge in [-0.25, -0.2) is 13.8 Å². The Kier molecular flexibility index (Phi) is 5.96. The summed E-state index contributed by atoms with van der Waals surface area (Å²) in [5.41, 5.74) is 2.64. The molecule has 4 rings (SSSR count). The number of nitriles is 1. The quantitative estimate of drug-likeness (QED) is 0.470. The highest BCUT2D eigenvalue weighted by Gasteiger charge is 2.25. The molecule has 1 aromatic heterocycles. The molecule has 0 bridgehead atoms. The molecular weight excluding hydrogens is 464 g/mol. The van der Waals surface area contributed by atoms with Crippen molar-refractivity contribution in [2.75, 3.05) is 5.43 Å². The van der Waals surface area contributed by atoms with Crippen molar-refractivity contribution in [2.24, 2.45) is 0 Å². The van der Waals surface area contributed by atoms with Gasteiger partial charge in [0.15, 0.2) is 5.03 Å². The molecule has 0 fully saturated rings. The number of amides is 1. The molecule has 0 spiro atoms. The van der Waals surface area contributed by atoms with Crippen LogP contribution in [0.4, 0.5) is 0 Å². The first kappa shape index (κ1) is 22.2. The van der Waals surface area contributed by atoms with E-state index in [1.807, 2.05) is 6.07 Å². The lowest BCUT2D eigenvalue weighted by molar-refractivity contribution is -0.116. The highest BCUT2D eigenvalue weighted by molar-refractivity contribution is 7.91. The Morgan fingerprint density at radius 2 is 1.64 bits per heavy atom. The summed E-state index contributed by atoms with van der Waals surface area (Å²) in [5.74, 6) is -0.566. The summed E-state index contributed by atoms with van der Waals surface area (Å²) in [4.78, 5) is 26.0. The number of fused-ring (bicyclic) bond motifs is 1. The van der Waals surface area contributed by atoms with E-state index in [2.05, 4.69) is 10.5 Å². The van der Waals surface area contributed by atoms with Crippen LogP contribution < -0.4 is 11.0 Å². The second-order valence-electron chi connectivity index (χ2n) is 7.05. The molecule has 1 heterocycles. The van der Waals surface area contributed by atoms with Crippen LogP contribution in [-0.4, -0.2) is 24.2 Å². The normalized spacial score (nSPS) is 11.2. The Labute approximate surface area is 193 Å². The van der Waals surface area contributed by atoms with Crippen LogP contribution in [0.5, 0.6) is 0 Å². The van der Waals surface area contributed by atoms with Crippen LogP contribution in [0.25, 0.3) is 10.8 Å². The van der Waals surface area contributed by atoms with Crippen LogP contribution in [0.1, 0.15) is 11.1 Å². The fraction of sp³-hybridized carbons (Fsp3) is 0.0435. The number of halogens is 1. The van der Waals surface area contributed by atoms with Gasteiger partial charge in [0.05, 0.1) is 28.3 Å². The van der Waals surface area contributed by atoms with E-state index in [9.17, 15) is 18.0 Å². The van der Waals surface area contributed by atoms with Crippen LogP contribution in [-0.2, 0) is 21.1 Å². The van der Waals surface area contributed by atoms with Gasteiger partial charge in [-0.15, -0.1) is 9.89 Å². The molecule has 0 radical (unpaired) electrons. The molecule has 4 aromatic rings. The minimum atomic E-state index is -4.18. The zero-order valence-corrected chi connectivity index (χ0v) is 18.5. The lowest BCUT2D eigenvalue weighted by Gasteiger charge is -2.12. The van der Waals surface area contributed by atoms with Crippen LogP contribution >= 0.6 is 11.6 Å². The lowest BCUT2D eigenvalue weighted by Crippen LogP contribution is -2.37. The number of hydrogen-bond acceptors (Lipinski definition) is 6. The molecule has 0 saturated heterocycles. The zero-order chi connectivity index (χ0) is 23.6. The van der Waals surface area contributed by atoms with Crippen LogP contribution in [0.15, 0.2) is 87.5 Å². The van der Waals surface area contributed by atoms with E-state index in [0.29, 0.717) is 20.9 Å². The standard InChI is InChI=1S/C23H15ClN4O4S/c24-17-9-5-15(6-10-17)13-21(29)26-28-23(30)20-4-2-1-3-19(20)22(27-28)33(31,32)18-11-7-16(14-25)8-12-18/h1-12H,13H2,(H,26,29). The summed E-state index contributed by atoms with van der Waals surface area (Å²) in [6.07, 6.45) is -0.0736. The maximum Gasteiger partial charge on any atom is 0.294 e. The van der Waals surface area contributed by atoms with Crippen molar-refractivity contribution in [3.63, 3.8) is 0 Å². The Bertz CT molecular complexity index is 1570. The molecule has 0 aliphatic carbocycles. The molecule has 3 aromatic carbocycles. The number of sulfone groups is 1. The molecule has 1 amide bonds. The Hall–Kier alpha value is -4.00. The monoisotopic (exact) mass is 478 g/mol. The lowest BCUT2D eigenvalue weighted by atomic mass is 10.1. The van der Waals surface area contributed by atoms with E-state index >= 15 is 0 Å². The number of nitrogens with one attached hydrogen (secondary N) is 1. The topological polar surface area (TPSA) is 122 Å². The van der Waals surface area contributed by atoms with E-state index in [0.717, 1.165) is 0 Å². The second kappa shape index (κ2) is 8.86. The summed E-state index contributed by atoms with van der Waals surface area (Å²) in [7, 11) is -4.18. The fourth-order valence-electron chi connectivity index (χ4n) is 3.20. The molecule has 0 atom stereocenters. The van der Waals surface area contributed by atoms with Crippen molar-refractivity contribution in [1.82, 2.24) is 9.89 Å². The molecule has 0 saturated carbocycles. The van der Waals surface area contributed by atoms with Crippen molar-refractivity contribution in [3.05, 3.63) is 99.3 Å². The van der Waals surface area contributed by atoms with Gasteiger partial charge in [0, 0.05) is 10.4 Å². The van der Waals surface area contributed by atoms with Crippen LogP contribution in [0.2, 0.25) is 5.02 Å². The van der Waals surface area contributed by atoms with Gasteiger partial charge < -0.3 is 0 Å². The van der Waals surface area contributed by atoms with E-state index in [1.54, 1.807) is 36.4 Å². The number of benzene rings is 3. The second-order valence-corrected chi connectivity index (χ2v) is 9.35. The smallest absolute Gasteiger partial charge is 0.273 e. The third-order valence-electron chi connectivity index (χ3n) is 4.83. The maximum atomic E-state index is 13.3. The molecule has 10 heteroatoms. The first-order chi connectivity index (χ1) is 15.8. The van der Waals surface area contributed by atoms with E-state index < -0.39 is 26.3 Å². The van der Waals surface area contributed by atoms with Crippen molar-refractivity contribution in [3.8, 4) is 6.07 Å². The van der Waals surface area contributed by atoms with Gasteiger partial charge in [-0.05, 0) is 48.0 Å². The van der Waals surface area contributed by atoms with Gasteiger partial charge in [0.2, 0.25) is 15.7 Å². The van der Waals surface area contributed by atoms with E-state index in [4.69, 9.17) is 16.9 Å². The average Bonchev–Trinajstić information content (AvgIpc) is 2.82. The summed E-state index contributed by atoms with van der Waals surface area (Å²) < 4.78 is 26.7. The Morgan fingerprint density at radius 3 is 2.27 bits per heavy atom. The summed E-state index contributed by atoms with van der Waals surface area (Å²) in [5, 5.41) is 13.3. The highest BCUT2D eigenvalue weighted by Crippen LogP contribution is 2.25. The first-order valence-corrected chi connectivity index (χ1v) is 11.5. The number of rotatable bonds is 5. The molecular formula is C23H15ClN4O4S. The summed E-state index contributed by atoms with van der Waals surface area (Å²) in [6, 6.07) is 20.0. The number of nitrogens with zero attached hydrogens (tertiary/aromatic N) is 3. The van der Waals surface area contributed by atoms with Gasteiger partial charge in [0.1, 0.15) is 0 Å². The molecule has 0 aliphatic heterocycles. The van der Waals surface area contributed by atoms with E-state index in [1.165, 1.54) is 36.4 Å². The molecule has 0 aliphatic rings. The number of aromatic nitrogens is 2. The first-order valence-electron chi connectivity index (χ1n) is 9.61. The highest BCUT2D eigenvalue weighted by atomic mass is 35.5. The largest absolute Gasteiger partial charge is 0.294 e. The molecule has 0 unspecified atom stereocenters. The van der Waals surface area contributed by atoms with Gasteiger partial charge in [-0.2, -0.15) is 5.26 Å². The van der Waals surface area contributed by atoms with Crippen LogP contribution in [0.3, 0.4) is 0 Å². The summed E-state index contributed by atoms with van der Waals surface area (Å²) >= 11 is 5.85. The predicted octanol–water partition coefficient (Wildman–Crippen LogP) is 3.07. The molecule has 164 valence electrons. The van der Waals surface area contributed by atoms with Gasteiger partial charge in [0.25, 0.3) is 5.56 Å². The van der Waals surface area contributed by atoms with Crippen molar-refractivity contribution < 1.29 is 13.2 Å². The number of carbonyl (C=O) groups excluding carboxylic acids is 1. The molecule has 8 nitrogen and oxygen atoms in total.